The van der Waals surface area contributed by atoms with Crippen molar-refractivity contribution in [2.24, 2.45) is 0 Å². The summed E-state index contributed by atoms with van der Waals surface area (Å²) in [6.07, 6.45) is 13.6. The SMILES string of the molecule is CCCCCC/C=[CH]/[Ge]([c]1ccco1)([c]1ccco1)[c]1ccco1. The Kier molecular flexibility index (Phi) is 5.86. The van der Waals surface area contributed by atoms with E-state index in [0.29, 0.717) is 0 Å². The third-order valence-electron chi connectivity index (χ3n) is 4.32. The van der Waals surface area contributed by atoms with Crippen molar-refractivity contribution in [1.29, 1.82) is 0 Å². The van der Waals surface area contributed by atoms with Crippen molar-refractivity contribution < 1.29 is 13.3 Å². The molecule has 0 bridgehead atoms. The zero-order chi connectivity index (χ0) is 16.7. The number of furan rings is 3. The van der Waals surface area contributed by atoms with Crippen LogP contribution in [0.2, 0.25) is 0 Å². The van der Waals surface area contributed by atoms with E-state index in [9.17, 15) is 0 Å². The summed E-state index contributed by atoms with van der Waals surface area (Å²) >= 11 is -3.16. The predicted octanol–water partition coefficient (Wildman–Crippen LogP) is 4.00. The van der Waals surface area contributed by atoms with Gasteiger partial charge in [-0.1, -0.05) is 0 Å². The first-order valence-corrected chi connectivity index (χ1v) is 13.0. The average Bonchev–Trinajstić information content (AvgIpc) is 3.37. The minimum absolute atomic E-state index is 0.977. The summed E-state index contributed by atoms with van der Waals surface area (Å²) in [5, 5.41) is 0. The first-order chi connectivity index (χ1) is 11.9. The molecule has 0 unspecified atom stereocenters. The summed E-state index contributed by atoms with van der Waals surface area (Å²) in [7, 11) is 0. The van der Waals surface area contributed by atoms with Gasteiger partial charge in [0.2, 0.25) is 0 Å². The van der Waals surface area contributed by atoms with E-state index in [1.165, 1.54) is 25.7 Å². The van der Waals surface area contributed by atoms with Gasteiger partial charge in [0.05, 0.1) is 0 Å². The zero-order valence-corrected chi connectivity index (χ0v) is 16.2. The topological polar surface area (TPSA) is 39.4 Å². The van der Waals surface area contributed by atoms with Crippen LogP contribution in [-0.2, 0) is 0 Å². The maximum atomic E-state index is 5.85. The van der Waals surface area contributed by atoms with E-state index >= 15 is 0 Å². The molecule has 0 spiro atoms. The van der Waals surface area contributed by atoms with Gasteiger partial charge in [-0.3, -0.25) is 0 Å². The van der Waals surface area contributed by atoms with Crippen LogP contribution in [-0.4, -0.2) is 13.3 Å². The fourth-order valence-corrected chi connectivity index (χ4v) is 10.6. The normalized spacial score (nSPS) is 12.2. The second kappa shape index (κ2) is 8.29. The Labute approximate surface area is 145 Å². The van der Waals surface area contributed by atoms with Crippen LogP contribution < -0.4 is 13.8 Å². The van der Waals surface area contributed by atoms with E-state index < -0.39 is 13.3 Å². The number of hydrogen-bond donors (Lipinski definition) is 0. The first-order valence-electron chi connectivity index (χ1n) is 8.67. The van der Waals surface area contributed by atoms with E-state index in [0.717, 1.165) is 20.2 Å². The minimum atomic E-state index is -3.16. The molecule has 0 aliphatic carbocycles. The van der Waals surface area contributed by atoms with Gasteiger partial charge in [0.25, 0.3) is 0 Å². The second-order valence-corrected chi connectivity index (χ2v) is 13.2. The predicted molar refractivity (Wildman–Crippen MR) is 98.7 cm³/mol. The first kappa shape index (κ1) is 17.0. The summed E-state index contributed by atoms with van der Waals surface area (Å²) in [5.41, 5.74) is 0. The molecule has 3 heterocycles. The Morgan fingerprint density at radius 3 is 1.75 bits per heavy atom. The third-order valence-corrected chi connectivity index (χ3v) is 12.5. The molecule has 3 nitrogen and oxygen atoms in total. The van der Waals surface area contributed by atoms with Gasteiger partial charge in [0.1, 0.15) is 0 Å². The third kappa shape index (κ3) is 3.46. The maximum absolute atomic E-state index is 5.85. The summed E-state index contributed by atoms with van der Waals surface area (Å²) in [6, 6.07) is 12.0. The van der Waals surface area contributed by atoms with Crippen LogP contribution in [0.1, 0.15) is 39.0 Å². The van der Waals surface area contributed by atoms with Crippen LogP contribution in [0.4, 0.5) is 0 Å². The summed E-state index contributed by atoms with van der Waals surface area (Å²) in [4.78, 5) is 2.34. The van der Waals surface area contributed by atoms with E-state index in [2.05, 4.69) is 17.9 Å². The molecule has 0 radical (unpaired) electrons. The van der Waals surface area contributed by atoms with Crippen molar-refractivity contribution >= 4 is 27.0 Å². The van der Waals surface area contributed by atoms with Crippen molar-refractivity contribution in [2.75, 3.05) is 0 Å². The summed E-state index contributed by atoms with van der Waals surface area (Å²) in [5.74, 6) is 0. The van der Waals surface area contributed by atoms with Crippen molar-refractivity contribution in [1.82, 2.24) is 0 Å². The molecule has 0 aromatic carbocycles. The van der Waals surface area contributed by atoms with Crippen molar-refractivity contribution in [3.63, 3.8) is 0 Å². The Morgan fingerprint density at radius 2 is 1.33 bits per heavy atom. The molecular formula is C20H24GeO3. The van der Waals surface area contributed by atoms with Crippen molar-refractivity contribution in [3.05, 3.63) is 66.2 Å². The molecule has 3 aromatic heterocycles. The molecule has 0 aliphatic rings. The van der Waals surface area contributed by atoms with Gasteiger partial charge >= 0.3 is 145 Å². The van der Waals surface area contributed by atoms with Gasteiger partial charge in [-0.2, -0.15) is 0 Å². The average molecular weight is 385 g/mol. The molecule has 3 rings (SSSR count). The molecule has 126 valence electrons. The molecule has 0 amide bonds. The van der Waals surface area contributed by atoms with E-state index in [4.69, 9.17) is 13.3 Å². The van der Waals surface area contributed by atoms with E-state index in [-0.39, 0.29) is 0 Å². The second-order valence-electron chi connectivity index (χ2n) is 5.99. The van der Waals surface area contributed by atoms with Crippen molar-refractivity contribution in [2.45, 2.75) is 39.0 Å². The Hall–Kier alpha value is -1.88. The Bertz CT molecular complexity index is 625. The molecule has 24 heavy (non-hydrogen) atoms. The van der Waals surface area contributed by atoms with E-state index in [1.807, 2.05) is 36.4 Å². The van der Waals surface area contributed by atoms with Gasteiger partial charge in [0.15, 0.2) is 0 Å². The quantitative estimate of drug-likeness (QED) is 0.413. The molecule has 0 saturated heterocycles. The van der Waals surface area contributed by atoms with Crippen molar-refractivity contribution in [3.8, 4) is 0 Å². The van der Waals surface area contributed by atoms with Gasteiger partial charge in [-0.25, -0.2) is 0 Å². The molecular weight excluding hydrogens is 361 g/mol. The monoisotopic (exact) mass is 386 g/mol. The van der Waals surface area contributed by atoms with Crippen LogP contribution in [0.5, 0.6) is 0 Å². The molecule has 0 saturated carbocycles. The number of allylic oxidation sites excluding steroid dienone is 1. The van der Waals surface area contributed by atoms with Crippen LogP contribution >= 0.6 is 0 Å². The van der Waals surface area contributed by atoms with E-state index in [1.54, 1.807) is 18.8 Å². The summed E-state index contributed by atoms with van der Waals surface area (Å²) < 4.78 is 20.5. The van der Waals surface area contributed by atoms with Crippen LogP contribution in [0, 0.1) is 0 Å². The zero-order valence-electron chi connectivity index (χ0n) is 14.1. The van der Waals surface area contributed by atoms with Crippen LogP contribution in [0.15, 0.2) is 79.4 Å². The molecule has 3 aromatic rings. The molecule has 4 heteroatoms. The summed E-state index contributed by atoms with van der Waals surface area (Å²) in [6.45, 7) is 2.24. The molecule has 0 atom stereocenters. The molecule has 0 fully saturated rings. The number of rotatable bonds is 9. The Balaban J connectivity index is 1.95. The number of unbranched alkanes of at least 4 members (excludes halogenated alkanes) is 4. The van der Waals surface area contributed by atoms with Gasteiger partial charge in [-0.05, 0) is 0 Å². The molecule has 0 N–H and O–H groups in total. The number of hydrogen-bond acceptors (Lipinski definition) is 3. The van der Waals surface area contributed by atoms with Crippen LogP contribution in [0.25, 0.3) is 0 Å². The standard InChI is InChI=1S/C20H24GeO3/c1-2-3-4-5-6-7-14-21(18-11-8-15-22-18,19-12-9-16-23-19)20-13-10-17-24-20/h7-17H,2-6H2,1H3/b14-7+. The van der Waals surface area contributed by atoms with Gasteiger partial charge in [0, 0.05) is 0 Å². The fraction of sp³-hybridized carbons (Fsp3) is 0.300. The van der Waals surface area contributed by atoms with Gasteiger partial charge in [-0.15, -0.1) is 0 Å². The van der Waals surface area contributed by atoms with Crippen LogP contribution in [0.3, 0.4) is 0 Å². The fourth-order valence-electron chi connectivity index (χ4n) is 3.07. The molecule has 0 aliphatic heterocycles. The Morgan fingerprint density at radius 1 is 0.792 bits per heavy atom. The van der Waals surface area contributed by atoms with Gasteiger partial charge < -0.3 is 0 Å².